The Kier molecular flexibility index (Phi) is 4.63. The fourth-order valence-corrected chi connectivity index (χ4v) is 3.51. The van der Waals surface area contributed by atoms with Crippen molar-refractivity contribution in [1.82, 2.24) is 10.2 Å². The van der Waals surface area contributed by atoms with Gasteiger partial charge in [-0.1, -0.05) is 24.3 Å². The summed E-state index contributed by atoms with van der Waals surface area (Å²) in [6.07, 6.45) is 1.40. The maximum absolute atomic E-state index is 13.1. The minimum atomic E-state index is -0.550. The molecule has 150 valence electrons. The number of benzene rings is 2. The number of nitro benzene ring substituents is 1. The highest BCUT2D eigenvalue weighted by molar-refractivity contribution is 6.51. The number of non-ortho nitro benzene ring substituents is 1. The molecule has 2 aromatic carbocycles. The van der Waals surface area contributed by atoms with Gasteiger partial charge in [-0.3, -0.25) is 34.7 Å². The van der Waals surface area contributed by atoms with E-state index in [0.717, 1.165) is 0 Å². The summed E-state index contributed by atoms with van der Waals surface area (Å²) in [5, 5.41) is 16.2. The molecule has 0 spiro atoms. The minimum Gasteiger partial charge on any atom is -0.308 e. The van der Waals surface area contributed by atoms with E-state index in [0.29, 0.717) is 23.4 Å². The van der Waals surface area contributed by atoms with Crippen molar-refractivity contribution in [2.24, 2.45) is 0 Å². The molecule has 2 heterocycles. The largest absolute Gasteiger partial charge is 0.308 e. The molecule has 1 aliphatic heterocycles. The van der Waals surface area contributed by atoms with Crippen LogP contribution in [-0.2, 0) is 4.79 Å². The predicted molar refractivity (Wildman–Crippen MR) is 110 cm³/mol. The number of rotatable bonds is 3. The van der Waals surface area contributed by atoms with Crippen molar-refractivity contribution in [2.45, 2.75) is 6.92 Å². The summed E-state index contributed by atoms with van der Waals surface area (Å²) >= 11 is 0. The minimum absolute atomic E-state index is 0.0441. The molecule has 9 heteroatoms. The summed E-state index contributed by atoms with van der Waals surface area (Å²) < 4.78 is 0. The van der Waals surface area contributed by atoms with Crippen LogP contribution in [-0.4, -0.2) is 33.4 Å². The van der Waals surface area contributed by atoms with Gasteiger partial charge in [0.25, 0.3) is 17.2 Å². The number of carbonyl (C=O) groups is 2. The number of amides is 1. The van der Waals surface area contributed by atoms with E-state index >= 15 is 0 Å². The van der Waals surface area contributed by atoms with Gasteiger partial charge in [-0.25, -0.2) is 0 Å². The van der Waals surface area contributed by atoms with Crippen LogP contribution >= 0.6 is 0 Å². The SMILES string of the molecule is CCN1C(=O)C(=c2[nH][nH]c(=O)/c2=C\c2cccc([N+](=O)[O-])c2)C(=O)c2ccccc21. The number of hydrogen-bond acceptors (Lipinski definition) is 5. The lowest BCUT2D eigenvalue weighted by Gasteiger charge is -2.28. The molecular formula is C21H16N4O5. The Morgan fingerprint density at radius 2 is 1.83 bits per heavy atom. The van der Waals surface area contributed by atoms with Gasteiger partial charge in [-0.2, -0.15) is 0 Å². The third-order valence-electron chi connectivity index (χ3n) is 4.90. The Hall–Kier alpha value is -4.27. The second-order valence-electron chi connectivity index (χ2n) is 6.63. The van der Waals surface area contributed by atoms with Gasteiger partial charge in [0.1, 0.15) is 5.57 Å². The molecule has 9 nitrogen and oxygen atoms in total. The third kappa shape index (κ3) is 3.02. The molecule has 3 aromatic rings. The zero-order valence-corrected chi connectivity index (χ0v) is 15.8. The summed E-state index contributed by atoms with van der Waals surface area (Å²) in [7, 11) is 0. The van der Waals surface area contributed by atoms with E-state index < -0.39 is 22.2 Å². The Balaban J connectivity index is 2.02. The van der Waals surface area contributed by atoms with Crippen molar-refractivity contribution in [3.05, 3.63) is 90.7 Å². The first-order valence-corrected chi connectivity index (χ1v) is 9.15. The standard InChI is InChI=1S/C21H16N4O5/c1-2-24-16-9-4-3-8-14(16)19(26)17(21(24)28)18-15(20(27)23-22-18)11-12-6-5-7-13(10-12)25(29)30/h3-11,22H,2H2,1H3,(H,23,27)/b15-11-,18-17?. The van der Waals surface area contributed by atoms with Crippen molar-refractivity contribution in [1.29, 1.82) is 0 Å². The second-order valence-corrected chi connectivity index (χ2v) is 6.63. The molecule has 0 radical (unpaired) electrons. The van der Waals surface area contributed by atoms with Crippen LogP contribution in [0.4, 0.5) is 11.4 Å². The number of nitro groups is 1. The highest BCUT2D eigenvalue weighted by Crippen LogP contribution is 2.29. The molecule has 1 aromatic heterocycles. The van der Waals surface area contributed by atoms with Crippen molar-refractivity contribution in [2.75, 3.05) is 11.4 Å². The highest BCUT2D eigenvalue weighted by atomic mass is 16.6. The van der Waals surface area contributed by atoms with E-state index in [2.05, 4.69) is 10.2 Å². The maximum Gasteiger partial charge on any atom is 0.271 e. The van der Waals surface area contributed by atoms with Gasteiger partial charge in [0.05, 0.1) is 21.2 Å². The fraction of sp³-hybridized carbons (Fsp3) is 0.0952. The lowest BCUT2D eigenvalue weighted by molar-refractivity contribution is -0.384. The summed E-state index contributed by atoms with van der Waals surface area (Å²) in [5.74, 6) is -1.02. The van der Waals surface area contributed by atoms with E-state index in [4.69, 9.17) is 0 Å². The Morgan fingerprint density at radius 1 is 1.07 bits per heavy atom. The maximum atomic E-state index is 13.1. The van der Waals surface area contributed by atoms with E-state index in [9.17, 15) is 24.5 Å². The van der Waals surface area contributed by atoms with Gasteiger partial charge in [0.2, 0.25) is 5.78 Å². The second kappa shape index (κ2) is 7.28. The van der Waals surface area contributed by atoms with Crippen molar-refractivity contribution in [3.63, 3.8) is 0 Å². The summed E-state index contributed by atoms with van der Waals surface area (Å²) in [6, 6.07) is 12.5. The summed E-state index contributed by atoms with van der Waals surface area (Å²) in [6.45, 7) is 2.13. The summed E-state index contributed by atoms with van der Waals surface area (Å²) in [5.41, 5.74) is 0.413. The lowest BCUT2D eigenvalue weighted by atomic mass is 9.94. The third-order valence-corrected chi connectivity index (χ3v) is 4.90. The molecule has 1 amide bonds. The molecule has 0 aliphatic carbocycles. The monoisotopic (exact) mass is 404 g/mol. The molecule has 1 aliphatic rings. The number of nitrogens with zero attached hydrogens (tertiary/aromatic N) is 2. The average molecular weight is 404 g/mol. The smallest absolute Gasteiger partial charge is 0.271 e. The lowest BCUT2D eigenvalue weighted by Crippen LogP contribution is -2.45. The highest BCUT2D eigenvalue weighted by Gasteiger charge is 2.35. The number of nitrogens with one attached hydrogen (secondary N) is 2. The quantitative estimate of drug-likeness (QED) is 0.494. The average Bonchev–Trinajstić information content (AvgIpc) is 3.09. The normalized spacial score (nSPS) is 16.0. The Labute approximate surface area is 169 Å². The molecule has 0 saturated heterocycles. The Morgan fingerprint density at radius 3 is 2.57 bits per heavy atom. The topological polar surface area (TPSA) is 129 Å². The van der Waals surface area contributed by atoms with Crippen molar-refractivity contribution < 1.29 is 14.5 Å². The zero-order chi connectivity index (χ0) is 21.4. The van der Waals surface area contributed by atoms with Crippen molar-refractivity contribution in [3.8, 4) is 0 Å². The first-order chi connectivity index (χ1) is 14.4. The first kappa shape index (κ1) is 19.1. The van der Waals surface area contributed by atoms with Gasteiger partial charge in [0, 0.05) is 24.2 Å². The van der Waals surface area contributed by atoms with Gasteiger partial charge >= 0.3 is 0 Å². The number of aromatic amines is 2. The number of Topliss-reactive ketones (excluding diaryl/α,β-unsaturated/α-hetero) is 1. The molecule has 0 fully saturated rings. The van der Waals surface area contributed by atoms with Gasteiger partial charge < -0.3 is 4.90 Å². The van der Waals surface area contributed by atoms with E-state index in [1.807, 2.05) is 0 Å². The predicted octanol–water partition coefficient (Wildman–Crippen LogP) is 0.840. The number of fused-ring (bicyclic) bond motifs is 1. The van der Waals surface area contributed by atoms with Crippen LogP contribution < -0.4 is 21.0 Å². The molecular weight excluding hydrogens is 388 g/mol. The van der Waals surface area contributed by atoms with E-state index in [1.165, 1.54) is 29.2 Å². The number of H-pyrrole nitrogens is 2. The van der Waals surface area contributed by atoms with E-state index in [1.54, 1.807) is 37.3 Å². The van der Waals surface area contributed by atoms with Crippen molar-refractivity contribution >= 4 is 34.7 Å². The molecule has 30 heavy (non-hydrogen) atoms. The molecule has 0 atom stereocenters. The molecule has 4 rings (SSSR count). The number of hydrogen-bond donors (Lipinski definition) is 2. The van der Waals surface area contributed by atoms with Crippen LogP contribution in [0.2, 0.25) is 0 Å². The van der Waals surface area contributed by atoms with Gasteiger partial charge in [-0.05, 0) is 30.7 Å². The van der Waals surface area contributed by atoms with Gasteiger partial charge in [0.15, 0.2) is 0 Å². The Bertz CT molecular complexity index is 1380. The van der Waals surface area contributed by atoms with Crippen LogP contribution in [0.1, 0.15) is 22.8 Å². The number of anilines is 1. The number of carbonyl (C=O) groups excluding carboxylic acids is 2. The zero-order valence-electron chi connectivity index (χ0n) is 15.8. The molecule has 0 unspecified atom stereocenters. The number of ketones is 1. The van der Waals surface area contributed by atoms with E-state index in [-0.39, 0.29) is 21.8 Å². The first-order valence-electron chi connectivity index (χ1n) is 9.15. The van der Waals surface area contributed by atoms with Crippen LogP contribution in [0.25, 0.3) is 11.6 Å². The number of para-hydroxylation sites is 1. The summed E-state index contributed by atoms with van der Waals surface area (Å²) in [4.78, 5) is 50.6. The molecule has 0 saturated carbocycles. The fourth-order valence-electron chi connectivity index (χ4n) is 3.51. The van der Waals surface area contributed by atoms with Crippen LogP contribution in [0.5, 0.6) is 0 Å². The van der Waals surface area contributed by atoms with Gasteiger partial charge in [-0.15, -0.1) is 0 Å². The molecule has 0 bridgehead atoms. The number of aromatic nitrogens is 2. The van der Waals surface area contributed by atoms with Crippen LogP contribution in [0.3, 0.4) is 0 Å². The van der Waals surface area contributed by atoms with Crippen LogP contribution in [0.15, 0.2) is 53.3 Å². The van der Waals surface area contributed by atoms with Crippen LogP contribution in [0, 0.1) is 10.1 Å². The molecule has 2 N–H and O–H groups in total.